The van der Waals surface area contributed by atoms with Crippen LogP contribution in [0.3, 0.4) is 0 Å². The lowest BCUT2D eigenvalue weighted by molar-refractivity contribution is -0.140. The van der Waals surface area contributed by atoms with Gasteiger partial charge in [0.1, 0.15) is 5.60 Å². The van der Waals surface area contributed by atoms with Crippen LogP contribution < -0.4 is 5.43 Å². The molecule has 0 aliphatic heterocycles. The van der Waals surface area contributed by atoms with Crippen LogP contribution in [0, 0.1) is 0 Å². The van der Waals surface area contributed by atoms with Crippen LogP contribution in [0.5, 0.6) is 0 Å². The van der Waals surface area contributed by atoms with Gasteiger partial charge < -0.3 is 5.11 Å². The Morgan fingerprint density at radius 3 is 2.30 bits per heavy atom. The molecule has 0 aliphatic carbocycles. The van der Waals surface area contributed by atoms with Gasteiger partial charge in [-0.3, -0.25) is 4.79 Å². The second kappa shape index (κ2) is 7.80. The number of rotatable bonds is 7. The molecule has 0 spiro atoms. The molecule has 0 atom stereocenters. The average molecular weight is 276 g/mol. The largest absolute Gasteiger partial charge is 0.380 e. The molecular weight excluding hydrogens is 252 g/mol. The predicted octanol–water partition coefficient (Wildman–Crippen LogP) is 2.86. The van der Waals surface area contributed by atoms with Crippen molar-refractivity contribution in [3.05, 3.63) is 35.9 Å². The van der Waals surface area contributed by atoms with Crippen LogP contribution in [0.25, 0.3) is 0 Å². The lowest BCUT2D eigenvalue weighted by Crippen LogP contribution is -2.44. The van der Waals surface area contributed by atoms with Crippen LogP contribution in [-0.2, 0) is 4.79 Å². The molecule has 0 aliphatic rings. The van der Waals surface area contributed by atoms with E-state index in [9.17, 15) is 9.90 Å². The van der Waals surface area contributed by atoms with Crippen molar-refractivity contribution in [3.63, 3.8) is 0 Å². The maximum absolute atomic E-state index is 12.0. The SMILES string of the molecule is CCCC(=NNC(=O)C(O)(CC)CC)c1ccccc1. The van der Waals surface area contributed by atoms with Crippen LogP contribution in [-0.4, -0.2) is 22.3 Å². The Morgan fingerprint density at radius 1 is 1.20 bits per heavy atom. The second-order valence-electron chi connectivity index (χ2n) is 4.85. The van der Waals surface area contributed by atoms with E-state index in [0.29, 0.717) is 12.8 Å². The lowest BCUT2D eigenvalue weighted by atomic mass is 9.97. The average Bonchev–Trinajstić information content (AvgIpc) is 2.51. The molecule has 2 N–H and O–H groups in total. The second-order valence-corrected chi connectivity index (χ2v) is 4.85. The molecule has 20 heavy (non-hydrogen) atoms. The van der Waals surface area contributed by atoms with E-state index in [-0.39, 0.29) is 0 Å². The van der Waals surface area contributed by atoms with Crippen LogP contribution in [0.4, 0.5) is 0 Å². The van der Waals surface area contributed by atoms with Crippen LogP contribution in [0.2, 0.25) is 0 Å². The monoisotopic (exact) mass is 276 g/mol. The number of nitrogens with zero attached hydrogens (tertiary/aromatic N) is 1. The van der Waals surface area contributed by atoms with Crippen molar-refractivity contribution in [1.82, 2.24) is 5.43 Å². The Kier molecular flexibility index (Phi) is 6.39. The van der Waals surface area contributed by atoms with E-state index < -0.39 is 11.5 Å². The van der Waals surface area contributed by atoms with E-state index in [1.54, 1.807) is 13.8 Å². The summed E-state index contributed by atoms with van der Waals surface area (Å²) in [5.74, 6) is -0.438. The molecule has 1 amide bonds. The summed E-state index contributed by atoms with van der Waals surface area (Å²) in [7, 11) is 0. The summed E-state index contributed by atoms with van der Waals surface area (Å²) in [6.07, 6.45) is 2.47. The third-order valence-electron chi connectivity index (χ3n) is 3.48. The number of nitrogens with one attached hydrogen (secondary N) is 1. The molecule has 1 aromatic rings. The molecule has 0 saturated carbocycles. The first-order valence-electron chi connectivity index (χ1n) is 7.22. The molecule has 0 aromatic heterocycles. The number of carbonyl (C=O) groups is 1. The molecule has 0 heterocycles. The first-order valence-corrected chi connectivity index (χ1v) is 7.22. The molecule has 0 saturated heterocycles. The number of aliphatic hydroxyl groups is 1. The zero-order valence-electron chi connectivity index (χ0n) is 12.5. The van der Waals surface area contributed by atoms with E-state index in [4.69, 9.17) is 0 Å². The van der Waals surface area contributed by atoms with Crippen molar-refractivity contribution in [3.8, 4) is 0 Å². The van der Waals surface area contributed by atoms with Crippen molar-refractivity contribution >= 4 is 11.6 Å². The Bertz CT molecular complexity index is 451. The maximum Gasteiger partial charge on any atom is 0.271 e. The third kappa shape index (κ3) is 4.17. The number of hydrogen-bond acceptors (Lipinski definition) is 3. The van der Waals surface area contributed by atoms with E-state index in [1.807, 2.05) is 30.3 Å². The predicted molar refractivity (Wildman–Crippen MR) is 81.6 cm³/mol. The van der Waals surface area contributed by atoms with Gasteiger partial charge in [-0.1, -0.05) is 57.5 Å². The Hall–Kier alpha value is -1.68. The highest BCUT2D eigenvalue weighted by Crippen LogP contribution is 2.14. The highest BCUT2D eigenvalue weighted by molar-refractivity contribution is 6.01. The quantitative estimate of drug-likeness (QED) is 0.594. The minimum Gasteiger partial charge on any atom is -0.380 e. The van der Waals surface area contributed by atoms with Crippen molar-refractivity contribution in [2.75, 3.05) is 0 Å². The molecule has 110 valence electrons. The van der Waals surface area contributed by atoms with Crippen LogP contribution in [0.15, 0.2) is 35.4 Å². The zero-order valence-corrected chi connectivity index (χ0v) is 12.5. The van der Waals surface area contributed by atoms with Gasteiger partial charge in [0, 0.05) is 0 Å². The van der Waals surface area contributed by atoms with E-state index in [2.05, 4.69) is 17.5 Å². The van der Waals surface area contributed by atoms with Gasteiger partial charge in [-0.25, -0.2) is 5.43 Å². The summed E-state index contributed by atoms with van der Waals surface area (Å²) in [6, 6.07) is 9.76. The minimum absolute atomic E-state index is 0.374. The highest BCUT2D eigenvalue weighted by Gasteiger charge is 2.31. The standard InChI is InChI=1S/C16H24N2O2/c1-4-10-14(13-11-8-7-9-12-13)17-18-15(19)16(20,5-2)6-3/h7-9,11-12,20H,4-6,10H2,1-3H3,(H,18,19). The lowest BCUT2D eigenvalue weighted by Gasteiger charge is -2.22. The van der Waals surface area contributed by atoms with Gasteiger partial charge in [0.05, 0.1) is 5.71 Å². The minimum atomic E-state index is -1.34. The number of hydrazone groups is 1. The van der Waals surface area contributed by atoms with Gasteiger partial charge in [-0.2, -0.15) is 5.10 Å². The van der Waals surface area contributed by atoms with Gasteiger partial charge in [-0.05, 0) is 24.8 Å². The number of benzene rings is 1. The summed E-state index contributed by atoms with van der Waals surface area (Å²) in [5.41, 5.74) is 2.99. The number of hydrogen-bond donors (Lipinski definition) is 2. The molecule has 0 bridgehead atoms. The Labute approximate surface area is 120 Å². The van der Waals surface area contributed by atoms with Gasteiger partial charge >= 0.3 is 0 Å². The van der Waals surface area contributed by atoms with Crippen LogP contribution in [0.1, 0.15) is 52.0 Å². The molecule has 1 rings (SSSR count). The molecule has 0 fully saturated rings. The molecule has 4 nitrogen and oxygen atoms in total. The first kappa shape index (κ1) is 16.4. The van der Waals surface area contributed by atoms with Gasteiger partial charge in [0.2, 0.25) is 0 Å². The molecule has 4 heteroatoms. The third-order valence-corrected chi connectivity index (χ3v) is 3.48. The maximum atomic E-state index is 12.0. The van der Waals surface area contributed by atoms with E-state index in [1.165, 1.54) is 0 Å². The normalized spacial score (nSPS) is 12.3. The summed E-state index contributed by atoms with van der Waals surface area (Å²) >= 11 is 0. The van der Waals surface area contributed by atoms with Gasteiger partial charge in [0.15, 0.2) is 0 Å². The van der Waals surface area contributed by atoms with Crippen molar-refractivity contribution < 1.29 is 9.90 Å². The Balaban J connectivity index is 2.86. The fraction of sp³-hybridized carbons (Fsp3) is 0.500. The fourth-order valence-corrected chi connectivity index (χ4v) is 1.93. The van der Waals surface area contributed by atoms with Gasteiger partial charge in [-0.15, -0.1) is 0 Å². The van der Waals surface area contributed by atoms with Gasteiger partial charge in [0.25, 0.3) is 5.91 Å². The zero-order chi connectivity index (χ0) is 15.0. The van der Waals surface area contributed by atoms with Crippen LogP contribution >= 0.6 is 0 Å². The summed E-state index contributed by atoms with van der Waals surface area (Å²) < 4.78 is 0. The Morgan fingerprint density at radius 2 is 1.80 bits per heavy atom. The summed E-state index contributed by atoms with van der Waals surface area (Å²) in [4.78, 5) is 12.0. The van der Waals surface area contributed by atoms with Crippen molar-refractivity contribution in [1.29, 1.82) is 0 Å². The summed E-state index contributed by atoms with van der Waals surface area (Å²) in [6.45, 7) is 5.64. The smallest absolute Gasteiger partial charge is 0.271 e. The van der Waals surface area contributed by atoms with Crippen molar-refractivity contribution in [2.45, 2.75) is 52.1 Å². The molecule has 0 unspecified atom stereocenters. The summed E-state index contributed by atoms with van der Waals surface area (Å²) in [5, 5.41) is 14.3. The van der Waals surface area contributed by atoms with E-state index >= 15 is 0 Å². The number of carbonyl (C=O) groups excluding carboxylic acids is 1. The topological polar surface area (TPSA) is 61.7 Å². The first-order chi connectivity index (χ1) is 9.57. The highest BCUT2D eigenvalue weighted by atomic mass is 16.3. The molecular formula is C16H24N2O2. The number of amides is 1. The van der Waals surface area contributed by atoms with E-state index in [0.717, 1.165) is 24.1 Å². The van der Waals surface area contributed by atoms with Crippen molar-refractivity contribution in [2.24, 2.45) is 5.10 Å². The fourth-order valence-electron chi connectivity index (χ4n) is 1.93. The molecule has 0 radical (unpaired) electrons. The molecule has 1 aromatic carbocycles.